The lowest BCUT2D eigenvalue weighted by Crippen LogP contribution is -2.58. The molecule has 0 aromatic heterocycles. The molecule has 1 aliphatic rings. The van der Waals surface area contributed by atoms with E-state index in [2.05, 4.69) is 21.1 Å². The molecule has 3 amide bonds. The topological polar surface area (TPSA) is 103 Å². The number of hydrazine groups is 1. The second-order valence-corrected chi connectivity index (χ2v) is 6.78. The lowest BCUT2D eigenvalue weighted by molar-refractivity contribution is -0.120. The molecule has 3 N–H and O–H groups in total. The summed E-state index contributed by atoms with van der Waals surface area (Å²) in [7, 11) is 0. The van der Waals surface area contributed by atoms with Crippen LogP contribution in [-0.4, -0.2) is 29.6 Å². The minimum Gasteiger partial charge on any atom is -0.343 e. The van der Waals surface area contributed by atoms with Crippen LogP contribution in [-0.2, 0) is 14.4 Å². The first-order chi connectivity index (χ1) is 13.8. The van der Waals surface area contributed by atoms with Crippen LogP contribution < -0.4 is 21.1 Å². The zero-order valence-electron chi connectivity index (χ0n) is 16.5. The molecule has 2 unspecified atom stereocenters. The van der Waals surface area contributed by atoms with Crippen molar-refractivity contribution in [3.8, 4) is 0 Å². The summed E-state index contributed by atoms with van der Waals surface area (Å²) < 4.78 is 0. The predicted octanol–water partition coefficient (Wildman–Crippen LogP) is 2.16. The molecule has 1 heterocycles. The Morgan fingerprint density at radius 1 is 1.14 bits per heavy atom. The van der Waals surface area contributed by atoms with Gasteiger partial charge in [0.15, 0.2) is 0 Å². The number of hydrogen-bond donors (Lipinski definition) is 3. The van der Waals surface area contributed by atoms with E-state index in [9.17, 15) is 14.4 Å². The van der Waals surface area contributed by atoms with Gasteiger partial charge in [-0.3, -0.25) is 19.8 Å². The highest BCUT2D eigenvalue weighted by molar-refractivity contribution is 6.39. The molecule has 29 heavy (non-hydrogen) atoms. The van der Waals surface area contributed by atoms with Gasteiger partial charge in [-0.05, 0) is 43.7 Å². The number of nitrogens with zero attached hydrogens (tertiary/aromatic N) is 2. The molecule has 1 aliphatic heterocycles. The Labute approximate surface area is 169 Å². The van der Waals surface area contributed by atoms with Gasteiger partial charge in [0.1, 0.15) is 6.04 Å². The zero-order chi connectivity index (χ0) is 21.0. The van der Waals surface area contributed by atoms with E-state index in [-0.39, 0.29) is 23.7 Å². The first-order valence-corrected chi connectivity index (χ1v) is 9.27. The predicted molar refractivity (Wildman–Crippen MR) is 111 cm³/mol. The van der Waals surface area contributed by atoms with E-state index in [0.717, 1.165) is 5.56 Å². The molecule has 0 aliphatic carbocycles. The number of carbonyl (C=O) groups excluding carboxylic acids is 3. The molecule has 0 fully saturated rings. The molecule has 0 spiro atoms. The Balaban J connectivity index is 1.73. The number of nitrogens with one attached hydrogen (secondary N) is 3. The van der Waals surface area contributed by atoms with Crippen molar-refractivity contribution in [1.29, 1.82) is 0 Å². The Bertz CT molecular complexity index is 958. The standard InChI is InChI=1S/C21H23N5O3/c1-13(16-8-7-9-17(12-16)24-15(3)27)23-20(28)19-22-14(2)21(29)26(25-19)18-10-5-4-6-11-18/h4-14H,1-3H3,(H,22,25)(H,23,28)(H,24,27). The van der Waals surface area contributed by atoms with Crippen LogP contribution in [0.5, 0.6) is 0 Å². The number of amidine groups is 1. The van der Waals surface area contributed by atoms with Crippen LogP contribution in [0.2, 0.25) is 0 Å². The number of anilines is 2. The van der Waals surface area contributed by atoms with Crippen molar-refractivity contribution >= 4 is 34.9 Å². The largest absolute Gasteiger partial charge is 0.343 e. The van der Waals surface area contributed by atoms with Crippen molar-refractivity contribution in [3.05, 3.63) is 60.2 Å². The molecular formula is C21H23N5O3. The molecule has 0 saturated carbocycles. The lowest BCUT2D eigenvalue weighted by atomic mass is 10.1. The zero-order valence-corrected chi connectivity index (χ0v) is 16.5. The number of hydrogen-bond acceptors (Lipinski definition) is 5. The van der Waals surface area contributed by atoms with Crippen LogP contribution in [0.1, 0.15) is 32.4 Å². The summed E-state index contributed by atoms with van der Waals surface area (Å²) in [6, 6.07) is 15.2. The van der Waals surface area contributed by atoms with E-state index < -0.39 is 11.9 Å². The van der Waals surface area contributed by atoms with Gasteiger partial charge >= 0.3 is 0 Å². The van der Waals surface area contributed by atoms with Crippen molar-refractivity contribution in [2.24, 2.45) is 4.99 Å². The molecule has 8 nitrogen and oxygen atoms in total. The summed E-state index contributed by atoms with van der Waals surface area (Å²) in [6.45, 7) is 4.91. The van der Waals surface area contributed by atoms with Gasteiger partial charge in [-0.2, -0.15) is 0 Å². The molecule has 2 aromatic carbocycles. The summed E-state index contributed by atoms with van der Waals surface area (Å²) in [6.07, 6.45) is 0. The summed E-state index contributed by atoms with van der Waals surface area (Å²) in [5.41, 5.74) is 4.91. The third-order valence-electron chi connectivity index (χ3n) is 4.40. The Morgan fingerprint density at radius 2 is 1.86 bits per heavy atom. The van der Waals surface area contributed by atoms with Gasteiger partial charge in [0.25, 0.3) is 11.8 Å². The molecule has 3 rings (SSSR count). The average Bonchev–Trinajstić information content (AvgIpc) is 2.70. The summed E-state index contributed by atoms with van der Waals surface area (Å²) in [5, 5.41) is 6.92. The Kier molecular flexibility index (Phi) is 5.92. The van der Waals surface area contributed by atoms with E-state index >= 15 is 0 Å². The van der Waals surface area contributed by atoms with Crippen LogP contribution in [0.25, 0.3) is 0 Å². The molecule has 2 aromatic rings. The Hall–Kier alpha value is -3.68. The van der Waals surface area contributed by atoms with Gasteiger partial charge in [-0.1, -0.05) is 30.3 Å². The smallest absolute Gasteiger partial charge is 0.288 e. The normalized spacial score (nSPS) is 17.1. The lowest BCUT2D eigenvalue weighted by Gasteiger charge is -2.31. The molecule has 0 bridgehead atoms. The second kappa shape index (κ2) is 8.55. The van der Waals surface area contributed by atoms with Crippen LogP contribution in [0.3, 0.4) is 0 Å². The van der Waals surface area contributed by atoms with Gasteiger partial charge in [0.05, 0.1) is 11.7 Å². The third-order valence-corrected chi connectivity index (χ3v) is 4.40. The van der Waals surface area contributed by atoms with Gasteiger partial charge in [-0.25, -0.2) is 10.0 Å². The highest BCUT2D eigenvalue weighted by atomic mass is 16.2. The SMILES string of the molecule is CC(=O)Nc1cccc(C(C)NC(=O)C2=NC(C)C(=O)N(c3ccccc3)N2)c1. The molecule has 8 heteroatoms. The maximum Gasteiger partial charge on any atom is 0.288 e. The van der Waals surface area contributed by atoms with Crippen molar-refractivity contribution < 1.29 is 14.4 Å². The van der Waals surface area contributed by atoms with Crippen LogP contribution >= 0.6 is 0 Å². The van der Waals surface area contributed by atoms with Crippen molar-refractivity contribution in [2.75, 3.05) is 10.3 Å². The quantitative estimate of drug-likeness (QED) is 0.724. The minimum atomic E-state index is -0.685. The van der Waals surface area contributed by atoms with E-state index in [0.29, 0.717) is 11.4 Å². The van der Waals surface area contributed by atoms with Crippen LogP contribution in [0, 0.1) is 0 Å². The fourth-order valence-electron chi connectivity index (χ4n) is 2.94. The maximum atomic E-state index is 12.8. The molecule has 0 saturated heterocycles. The minimum absolute atomic E-state index is 0.0609. The number of benzene rings is 2. The summed E-state index contributed by atoms with van der Waals surface area (Å²) in [5.74, 6) is -0.781. The highest BCUT2D eigenvalue weighted by Gasteiger charge is 2.31. The first kappa shape index (κ1) is 20.1. The van der Waals surface area contributed by atoms with Gasteiger partial charge in [0.2, 0.25) is 11.7 Å². The van der Waals surface area contributed by atoms with Gasteiger partial charge in [0, 0.05) is 12.6 Å². The van der Waals surface area contributed by atoms with Crippen LogP contribution in [0.15, 0.2) is 59.6 Å². The van der Waals surface area contributed by atoms with E-state index in [1.807, 2.05) is 31.2 Å². The van der Waals surface area contributed by atoms with Gasteiger partial charge < -0.3 is 10.6 Å². The van der Waals surface area contributed by atoms with E-state index in [1.165, 1.54) is 11.9 Å². The van der Waals surface area contributed by atoms with E-state index in [1.54, 1.807) is 37.3 Å². The summed E-state index contributed by atoms with van der Waals surface area (Å²) >= 11 is 0. The van der Waals surface area contributed by atoms with Crippen molar-refractivity contribution in [2.45, 2.75) is 32.9 Å². The second-order valence-electron chi connectivity index (χ2n) is 6.78. The fourth-order valence-corrected chi connectivity index (χ4v) is 2.94. The monoisotopic (exact) mass is 393 g/mol. The Morgan fingerprint density at radius 3 is 2.55 bits per heavy atom. The molecule has 0 radical (unpaired) electrons. The maximum absolute atomic E-state index is 12.8. The van der Waals surface area contributed by atoms with Crippen molar-refractivity contribution in [3.63, 3.8) is 0 Å². The third kappa shape index (κ3) is 4.78. The molecule has 2 atom stereocenters. The summed E-state index contributed by atoms with van der Waals surface area (Å²) in [4.78, 5) is 40.6. The average molecular weight is 393 g/mol. The van der Waals surface area contributed by atoms with Crippen molar-refractivity contribution in [1.82, 2.24) is 10.7 Å². The number of amides is 3. The number of rotatable bonds is 5. The molecular weight excluding hydrogens is 370 g/mol. The van der Waals surface area contributed by atoms with E-state index in [4.69, 9.17) is 0 Å². The highest BCUT2D eigenvalue weighted by Crippen LogP contribution is 2.19. The van der Waals surface area contributed by atoms with Gasteiger partial charge in [-0.15, -0.1) is 0 Å². The number of aliphatic imine (C=N–C) groups is 1. The fraction of sp³-hybridized carbons (Fsp3) is 0.238. The molecule has 150 valence electrons. The number of para-hydroxylation sites is 1. The van der Waals surface area contributed by atoms with Crippen LogP contribution in [0.4, 0.5) is 11.4 Å². The first-order valence-electron chi connectivity index (χ1n) is 9.27. The number of carbonyl (C=O) groups is 3.